The molecule has 0 amide bonds. The van der Waals surface area contributed by atoms with Crippen LogP contribution in [0.3, 0.4) is 0 Å². The molecule has 0 aliphatic heterocycles. The molecule has 0 aliphatic rings. The summed E-state index contributed by atoms with van der Waals surface area (Å²) in [5.41, 5.74) is 2.67. The molecule has 0 spiro atoms. The third-order valence-corrected chi connectivity index (χ3v) is 3.34. The Hall–Kier alpha value is -2.61. The van der Waals surface area contributed by atoms with Crippen LogP contribution in [0.25, 0.3) is 0 Å². The van der Waals surface area contributed by atoms with Crippen LogP contribution in [-0.4, -0.2) is 24.1 Å². The van der Waals surface area contributed by atoms with Crippen molar-refractivity contribution in [3.8, 4) is 6.07 Å². The summed E-state index contributed by atoms with van der Waals surface area (Å²) < 4.78 is 0. The lowest BCUT2D eigenvalue weighted by Gasteiger charge is -2.22. The average Bonchev–Trinajstić information content (AvgIpc) is 2.54. The van der Waals surface area contributed by atoms with Crippen LogP contribution in [-0.2, 0) is 6.42 Å². The second-order valence-electron chi connectivity index (χ2n) is 4.75. The molecule has 1 aromatic heterocycles. The molecule has 0 aliphatic carbocycles. The van der Waals surface area contributed by atoms with E-state index in [1.807, 2.05) is 37.2 Å². The number of nitrogens with one attached hydrogen (secondary N) is 1. The van der Waals surface area contributed by atoms with E-state index in [1.54, 1.807) is 12.4 Å². The van der Waals surface area contributed by atoms with Gasteiger partial charge in [-0.15, -0.1) is 0 Å². The Morgan fingerprint density at radius 2 is 2.14 bits per heavy atom. The molecule has 0 bridgehead atoms. The number of hydrogen-bond acceptors (Lipinski definition) is 5. The minimum absolute atomic E-state index is 0.638. The van der Waals surface area contributed by atoms with Crippen molar-refractivity contribution in [2.45, 2.75) is 19.8 Å². The zero-order valence-electron chi connectivity index (χ0n) is 12.6. The van der Waals surface area contributed by atoms with Crippen LogP contribution in [0.1, 0.15) is 24.5 Å². The van der Waals surface area contributed by atoms with Gasteiger partial charge in [0.1, 0.15) is 18.0 Å². The highest BCUT2D eigenvalue weighted by molar-refractivity contribution is 5.67. The predicted octanol–water partition coefficient (Wildman–Crippen LogP) is 3.11. The molecule has 2 aromatic rings. The van der Waals surface area contributed by atoms with Gasteiger partial charge in [-0.05, 0) is 24.6 Å². The minimum atomic E-state index is 0.638. The summed E-state index contributed by atoms with van der Waals surface area (Å²) in [6.07, 6.45) is 3.47. The van der Waals surface area contributed by atoms with Crippen molar-refractivity contribution in [3.05, 3.63) is 41.7 Å². The van der Waals surface area contributed by atoms with E-state index in [2.05, 4.69) is 28.3 Å². The van der Waals surface area contributed by atoms with Gasteiger partial charge >= 0.3 is 0 Å². The van der Waals surface area contributed by atoms with Crippen molar-refractivity contribution in [1.82, 2.24) is 9.97 Å². The average molecular weight is 281 g/mol. The third-order valence-electron chi connectivity index (χ3n) is 3.34. The number of rotatable bonds is 5. The lowest BCUT2D eigenvalue weighted by atomic mass is 10.1. The van der Waals surface area contributed by atoms with Crippen LogP contribution in [0.15, 0.2) is 30.6 Å². The molecule has 1 heterocycles. The maximum atomic E-state index is 9.03. The smallest absolute Gasteiger partial charge is 0.141 e. The summed E-state index contributed by atoms with van der Waals surface area (Å²) >= 11 is 0. The van der Waals surface area contributed by atoms with Gasteiger partial charge in [0.25, 0.3) is 0 Å². The molecule has 0 saturated heterocycles. The van der Waals surface area contributed by atoms with Crippen LogP contribution in [0.4, 0.5) is 17.3 Å². The number of aromatic nitrogens is 2. The highest BCUT2D eigenvalue weighted by atomic mass is 15.2. The molecular weight excluding hydrogens is 262 g/mol. The standard InChI is InChI=1S/C16H19N5/c1-4-6-14-15(18-2)19-11-20-16(14)21(3)13-8-5-7-12(9-13)10-17/h5,7-9,11H,4,6H2,1-3H3,(H,18,19,20). The van der Waals surface area contributed by atoms with Crippen molar-refractivity contribution >= 4 is 17.3 Å². The highest BCUT2D eigenvalue weighted by Gasteiger charge is 2.15. The van der Waals surface area contributed by atoms with Crippen molar-refractivity contribution in [3.63, 3.8) is 0 Å². The maximum Gasteiger partial charge on any atom is 0.141 e. The van der Waals surface area contributed by atoms with Crippen LogP contribution in [0, 0.1) is 11.3 Å². The van der Waals surface area contributed by atoms with Crippen molar-refractivity contribution in [1.29, 1.82) is 5.26 Å². The first-order chi connectivity index (χ1) is 10.2. The van der Waals surface area contributed by atoms with Crippen molar-refractivity contribution in [2.24, 2.45) is 0 Å². The predicted molar refractivity (Wildman–Crippen MR) is 84.8 cm³/mol. The molecular formula is C16H19N5. The quantitative estimate of drug-likeness (QED) is 0.912. The second-order valence-corrected chi connectivity index (χ2v) is 4.75. The molecule has 108 valence electrons. The van der Waals surface area contributed by atoms with Gasteiger partial charge in [0.05, 0.1) is 11.6 Å². The molecule has 5 heteroatoms. The Morgan fingerprint density at radius 3 is 2.81 bits per heavy atom. The fourth-order valence-electron chi connectivity index (χ4n) is 2.29. The highest BCUT2D eigenvalue weighted by Crippen LogP contribution is 2.29. The van der Waals surface area contributed by atoms with Crippen LogP contribution in [0.2, 0.25) is 0 Å². The monoisotopic (exact) mass is 281 g/mol. The van der Waals surface area contributed by atoms with Gasteiger partial charge in [-0.2, -0.15) is 5.26 Å². The minimum Gasteiger partial charge on any atom is -0.373 e. The summed E-state index contributed by atoms with van der Waals surface area (Å²) in [6.45, 7) is 2.13. The first kappa shape index (κ1) is 14.8. The van der Waals surface area contributed by atoms with E-state index >= 15 is 0 Å². The maximum absolute atomic E-state index is 9.03. The van der Waals surface area contributed by atoms with Gasteiger partial charge in [0.15, 0.2) is 0 Å². The van der Waals surface area contributed by atoms with Gasteiger partial charge < -0.3 is 10.2 Å². The third kappa shape index (κ3) is 3.11. The second kappa shape index (κ2) is 6.71. The van der Waals surface area contributed by atoms with E-state index in [4.69, 9.17) is 5.26 Å². The SMILES string of the molecule is CCCc1c(NC)ncnc1N(C)c1cccc(C#N)c1. The van der Waals surface area contributed by atoms with Crippen LogP contribution in [0.5, 0.6) is 0 Å². The molecule has 5 nitrogen and oxygen atoms in total. The first-order valence-electron chi connectivity index (χ1n) is 6.96. The molecule has 0 atom stereocenters. The van der Waals surface area contributed by atoms with E-state index in [0.29, 0.717) is 5.56 Å². The molecule has 1 aromatic carbocycles. The summed E-state index contributed by atoms with van der Waals surface area (Å²) in [5, 5.41) is 12.2. The Kier molecular flexibility index (Phi) is 4.72. The number of anilines is 3. The van der Waals surface area contributed by atoms with E-state index in [9.17, 15) is 0 Å². The normalized spacial score (nSPS) is 10.0. The molecule has 0 unspecified atom stereocenters. The van der Waals surface area contributed by atoms with E-state index in [-0.39, 0.29) is 0 Å². The van der Waals surface area contributed by atoms with Crippen molar-refractivity contribution < 1.29 is 0 Å². The zero-order valence-corrected chi connectivity index (χ0v) is 12.6. The molecule has 1 N–H and O–H groups in total. The summed E-state index contributed by atoms with van der Waals surface area (Å²) in [5.74, 6) is 1.72. The molecule has 0 fully saturated rings. The lowest BCUT2D eigenvalue weighted by molar-refractivity contribution is 0.893. The van der Waals surface area contributed by atoms with E-state index in [1.165, 1.54) is 0 Å². The largest absolute Gasteiger partial charge is 0.373 e. The van der Waals surface area contributed by atoms with Gasteiger partial charge in [-0.25, -0.2) is 9.97 Å². The Labute approximate surface area is 125 Å². The van der Waals surface area contributed by atoms with E-state index in [0.717, 1.165) is 35.7 Å². The van der Waals surface area contributed by atoms with Crippen molar-refractivity contribution in [2.75, 3.05) is 24.3 Å². The summed E-state index contributed by atoms with van der Waals surface area (Å²) in [7, 11) is 3.82. The topological polar surface area (TPSA) is 64.8 Å². The van der Waals surface area contributed by atoms with Gasteiger partial charge in [0, 0.05) is 25.3 Å². The number of benzene rings is 1. The molecule has 2 rings (SSSR count). The lowest BCUT2D eigenvalue weighted by Crippen LogP contribution is -2.15. The van der Waals surface area contributed by atoms with Gasteiger partial charge in [-0.1, -0.05) is 19.4 Å². The van der Waals surface area contributed by atoms with Gasteiger partial charge in [-0.3, -0.25) is 0 Å². The first-order valence-corrected chi connectivity index (χ1v) is 6.96. The fourth-order valence-corrected chi connectivity index (χ4v) is 2.29. The molecule has 0 radical (unpaired) electrons. The molecule has 0 saturated carbocycles. The van der Waals surface area contributed by atoms with Gasteiger partial charge in [0.2, 0.25) is 0 Å². The zero-order chi connectivity index (χ0) is 15.2. The Balaban J connectivity index is 2.47. The molecule has 21 heavy (non-hydrogen) atoms. The number of nitriles is 1. The van der Waals surface area contributed by atoms with E-state index < -0.39 is 0 Å². The summed E-state index contributed by atoms with van der Waals surface area (Å²) in [6, 6.07) is 9.67. The fraction of sp³-hybridized carbons (Fsp3) is 0.312. The Morgan fingerprint density at radius 1 is 1.33 bits per heavy atom. The van der Waals surface area contributed by atoms with Crippen LogP contribution >= 0.6 is 0 Å². The number of nitrogens with zero attached hydrogens (tertiary/aromatic N) is 4. The Bertz CT molecular complexity index is 660. The van der Waals surface area contributed by atoms with Crippen LogP contribution < -0.4 is 10.2 Å². The number of hydrogen-bond donors (Lipinski definition) is 1. The summed E-state index contributed by atoms with van der Waals surface area (Å²) in [4.78, 5) is 10.7.